The van der Waals surface area contributed by atoms with E-state index in [1.54, 1.807) is 24.3 Å². The van der Waals surface area contributed by atoms with Crippen LogP contribution in [-0.4, -0.2) is 59.2 Å². The van der Waals surface area contributed by atoms with Gasteiger partial charge in [-0.25, -0.2) is 0 Å². The summed E-state index contributed by atoms with van der Waals surface area (Å²) in [4.78, 5) is 0. The van der Waals surface area contributed by atoms with Crippen molar-refractivity contribution in [2.24, 2.45) is 5.92 Å². The lowest BCUT2D eigenvalue weighted by molar-refractivity contribution is -0.104. The molecule has 1 fully saturated rings. The number of hydrogen-bond acceptors (Lipinski definition) is 9. The van der Waals surface area contributed by atoms with Crippen LogP contribution in [0.1, 0.15) is 29.8 Å². The van der Waals surface area contributed by atoms with Gasteiger partial charge in [-0.05, 0) is 41.8 Å². The van der Waals surface area contributed by atoms with Crippen LogP contribution in [0.2, 0.25) is 0 Å². The summed E-state index contributed by atoms with van der Waals surface area (Å²) in [5, 5.41) is 20.2. The lowest BCUT2D eigenvalue weighted by Crippen LogP contribution is -2.22. The van der Waals surface area contributed by atoms with E-state index in [4.69, 9.17) is 33.2 Å². The van der Waals surface area contributed by atoms with Crippen molar-refractivity contribution in [2.45, 2.75) is 24.9 Å². The minimum atomic E-state index is -1.59. The standard InChI is InChI=1S/C23H30O9/c1-26-16-7-12(8-17(27-2)21(16)30-5)15-11-14(23(24)25)20(32-15)13-9-18(28-3)22(31-6)19(10-13)29-4/h7-10,14-15,20,23-25H,11H2,1-6H3. The van der Waals surface area contributed by atoms with E-state index in [0.29, 0.717) is 46.5 Å². The van der Waals surface area contributed by atoms with Crippen LogP contribution in [0.3, 0.4) is 0 Å². The summed E-state index contributed by atoms with van der Waals surface area (Å²) < 4.78 is 38.9. The molecule has 2 N–H and O–H groups in total. The molecule has 1 aliphatic heterocycles. The Bertz CT molecular complexity index is 878. The van der Waals surface area contributed by atoms with Crippen LogP contribution >= 0.6 is 0 Å². The number of aliphatic hydroxyl groups excluding tert-OH is 1. The van der Waals surface area contributed by atoms with Gasteiger partial charge < -0.3 is 43.4 Å². The molecule has 1 saturated heterocycles. The van der Waals surface area contributed by atoms with E-state index in [0.717, 1.165) is 5.56 Å². The van der Waals surface area contributed by atoms with Crippen molar-refractivity contribution < 1.29 is 43.4 Å². The molecule has 3 atom stereocenters. The normalized spacial score (nSPS) is 20.2. The van der Waals surface area contributed by atoms with Gasteiger partial charge in [-0.1, -0.05) is 0 Å². The zero-order chi connectivity index (χ0) is 23.4. The van der Waals surface area contributed by atoms with Crippen LogP contribution in [0.25, 0.3) is 0 Å². The van der Waals surface area contributed by atoms with E-state index < -0.39 is 24.4 Å². The Balaban J connectivity index is 2.03. The first-order chi connectivity index (χ1) is 15.4. The average molecular weight is 450 g/mol. The molecule has 32 heavy (non-hydrogen) atoms. The molecule has 2 aromatic carbocycles. The van der Waals surface area contributed by atoms with Gasteiger partial charge in [0.1, 0.15) is 0 Å². The number of rotatable bonds is 9. The lowest BCUT2D eigenvalue weighted by atomic mass is 9.91. The molecule has 3 unspecified atom stereocenters. The molecule has 0 bridgehead atoms. The van der Waals surface area contributed by atoms with E-state index >= 15 is 0 Å². The van der Waals surface area contributed by atoms with Gasteiger partial charge in [-0.3, -0.25) is 0 Å². The number of benzene rings is 2. The molecule has 0 amide bonds. The summed E-state index contributed by atoms with van der Waals surface area (Å²) >= 11 is 0. The maximum atomic E-state index is 10.1. The minimum absolute atomic E-state index is 0.359. The van der Waals surface area contributed by atoms with Crippen LogP contribution in [0.5, 0.6) is 34.5 Å². The minimum Gasteiger partial charge on any atom is -0.493 e. The number of hydrogen-bond donors (Lipinski definition) is 2. The summed E-state index contributed by atoms with van der Waals surface area (Å²) in [6.07, 6.45) is -2.31. The van der Waals surface area contributed by atoms with Crippen molar-refractivity contribution >= 4 is 0 Å². The first-order valence-corrected chi connectivity index (χ1v) is 10.0. The molecular formula is C23H30O9. The van der Waals surface area contributed by atoms with Gasteiger partial charge in [0, 0.05) is 5.92 Å². The first-order valence-electron chi connectivity index (χ1n) is 10.0. The molecule has 0 aromatic heterocycles. The highest BCUT2D eigenvalue weighted by atomic mass is 16.5. The molecule has 0 radical (unpaired) electrons. The fraction of sp³-hybridized carbons (Fsp3) is 0.478. The van der Waals surface area contributed by atoms with Crippen LogP contribution in [0.4, 0.5) is 0 Å². The van der Waals surface area contributed by atoms with Crippen molar-refractivity contribution in [1.82, 2.24) is 0 Å². The summed E-state index contributed by atoms with van der Waals surface area (Å²) in [7, 11) is 9.17. The van der Waals surface area contributed by atoms with Crippen LogP contribution in [-0.2, 0) is 4.74 Å². The first kappa shape index (κ1) is 23.8. The summed E-state index contributed by atoms with van der Waals surface area (Å²) in [6, 6.07) is 7.09. The average Bonchev–Trinajstić information content (AvgIpc) is 3.27. The van der Waals surface area contributed by atoms with Crippen molar-refractivity contribution in [3.05, 3.63) is 35.4 Å². The summed E-state index contributed by atoms with van der Waals surface area (Å²) in [6.45, 7) is 0. The third-order valence-corrected chi connectivity index (χ3v) is 5.64. The second kappa shape index (κ2) is 10.2. The molecule has 0 spiro atoms. The monoisotopic (exact) mass is 450 g/mol. The number of ether oxygens (including phenoxy) is 7. The Morgan fingerprint density at radius 1 is 0.688 bits per heavy atom. The van der Waals surface area contributed by atoms with Gasteiger partial charge in [0.05, 0.1) is 54.9 Å². The van der Waals surface area contributed by atoms with Gasteiger partial charge in [0.2, 0.25) is 11.5 Å². The van der Waals surface area contributed by atoms with Crippen molar-refractivity contribution in [3.8, 4) is 34.5 Å². The van der Waals surface area contributed by atoms with Gasteiger partial charge in [0.15, 0.2) is 29.3 Å². The van der Waals surface area contributed by atoms with Crippen LogP contribution in [0, 0.1) is 5.92 Å². The zero-order valence-corrected chi connectivity index (χ0v) is 19.1. The topological polar surface area (TPSA) is 105 Å². The number of aliphatic hydroxyl groups is 2. The molecule has 1 aliphatic rings. The van der Waals surface area contributed by atoms with Crippen LogP contribution in [0.15, 0.2) is 24.3 Å². The second-order valence-corrected chi connectivity index (χ2v) is 7.28. The second-order valence-electron chi connectivity index (χ2n) is 7.28. The number of methoxy groups -OCH3 is 6. The van der Waals surface area contributed by atoms with Gasteiger partial charge in [0.25, 0.3) is 0 Å². The Morgan fingerprint density at radius 2 is 1.09 bits per heavy atom. The fourth-order valence-electron chi connectivity index (χ4n) is 4.08. The predicted octanol–water partition coefficient (Wildman–Crippen LogP) is 2.87. The van der Waals surface area contributed by atoms with E-state index in [9.17, 15) is 10.2 Å². The molecular weight excluding hydrogens is 420 g/mol. The molecule has 3 rings (SSSR count). The highest BCUT2D eigenvalue weighted by Crippen LogP contribution is 2.51. The Kier molecular flexibility index (Phi) is 7.55. The van der Waals surface area contributed by atoms with Gasteiger partial charge in [-0.2, -0.15) is 0 Å². The summed E-state index contributed by atoms with van der Waals surface area (Å²) in [5.74, 6) is 2.20. The Labute approximate surface area is 187 Å². The fourth-order valence-corrected chi connectivity index (χ4v) is 4.08. The summed E-state index contributed by atoms with van der Waals surface area (Å²) in [5.41, 5.74) is 1.44. The van der Waals surface area contributed by atoms with Crippen molar-refractivity contribution in [1.29, 1.82) is 0 Å². The van der Waals surface area contributed by atoms with E-state index in [1.807, 2.05) is 0 Å². The smallest absolute Gasteiger partial charge is 0.203 e. The molecule has 0 aliphatic carbocycles. The molecule has 9 nitrogen and oxygen atoms in total. The highest BCUT2D eigenvalue weighted by Gasteiger charge is 2.41. The molecule has 176 valence electrons. The van der Waals surface area contributed by atoms with E-state index in [-0.39, 0.29) is 0 Å². The van der Waals surface area contributed by atoms with Crippen molar-refractivity contribution in [3.63, 3.8) is 0 Å². The van der Waals surface area contributed by atoms with Gasteiger partial charge in [-0.15, -0.1) is 0 Å². The highest BCUT2D eigenvalue weighted by molar-refractivity contribution is 5.55. The quantitative estimate of drug-likeness (QED) is 0.558. The zero-order valence-electron chi connectivity index (χ0n) is 19.1. The Morgan fingerprint density at radius 3 is 1.44 bits per heavy atom. The third kappa shape index (κ3) is 4.36. The SMILES string of the molecule is COc1cc(C2CC(C(O)O)C(c3cc(OC)c(OC)c(OC)c3)O2)cc(OC)c1OC. The Hall–Kier alpha value is -2.88. The lowest BCUT2D eigenvalue weighted by Gasteiger charge is -2.22. The van der Waals surface area contributed by atoms with Gasteiger partial charge >= 0.3 is 0 Å². The van der Waals surface area contributed by atoms with E-state index in [2.05, 4.69) is 0 Å². The maximum Gasteiger partial charge on any atom is 0.203 e. The third-order valence-electron chi connectivity index (χ3n) is 5.64. The molecule has 0 saturated carbocycles. The van der Waals surface area contributed by atoms with Crippen LogP contribution < -0.4 is 28.4 Å². The molecule has 2 aromatic rings. The molecule has 1 heterocycles. The van der Waals surface area contributed by atoms with Crippen molar-refractivity contribution in [2.75, 3.05) is 42.7 Å². The molecule has 9 heteroatoms. The predicted molar refractivity (Wildman–Crippen MR) is 115 cm³/mol. The van der Waals surface area contributed by atoms with E-state index in [1.165, 1.54) is 42.7 Å². The maximum absolute atomic E-state index is 10.1. The largest absolute Gasteiger partial charge is 0.493 e.